The van der Waals surface area contributed by atoms with Gasteiger partial charge in [0.05, 0.1) is 6.54 Å². The van der Waals surface area contributed by atoms with Gasteiger partial charge in [0.1, 0.15) is 0 Å². The van der Waals surface area contributed by atoms with Crippen molar-refractivity contribution < 1.29 is 4.52 Å². The first-order valence-corrected chi connectivity index (χ1v) is 7.82. The monoisotopic (exact) mass is 280 g/mol. The first kappa shape index (κ1) is 15.4. The van der Waals surface area contributed by atoms with E-state index in [4.69, 9.17) is 4.52 Å². The number of aromatic nitrogens is 2. The molecule has 0 radical (unpaired) electrons. The number of hydrogen-bond donors (Lipinski definition) is 1. The molecule has 1 unspecified atom stereocenters. The molecule has 2 rings (SSSR count). The molecule has 5 heteroatoms. The van der Waals surface area contributed by atoms with Crippen molar-refractivity contribution in [2.45, 2.75) is 59.0 Å². The van der Waals surface area contributed by atoms with Gasteiger partial charge >= 0.3 is 0 Å². The summed E-state index contributed by atoms with van der Waals surface area (Å²) < 4.78 is 5.34. The van der Waals surface area contributed by atoms with Gasteiger partial charge in [0.2, 0.25) is 5.89 Å². The van der Waals surface area contributed by atoms with Gasteiger partial charge in [-0.05, 0) is 31.8 Å². The third-order valence-electron chi connectivity index (χ3n) is 3.78. The van der Waals surface area contributed by atoms with Gasteiger partial charge in [-0.15, -0.1) is 0 Å². The first-order valence-electron chi connectivity index (χ1n) is 7.82. The Bertz CT molecular complexity index is 402. The van der Waals surface area contributed by atoms with Gasteiger partial charge in [-0.3, -0.25) is 4.90 Å². The van der Waals surface area contributed by atoms with Gasteiger partial charge in [0.15, 0.2) is 5.82 Å². The van der Waals surface area contributed by atoms with Crippen LogP contribution in [0, 0.1) is 5.92 Å². The van der Waals surface area contributed by atoms with E-state index in [1.54, 1.807) is 0 Å². The van der Waals surface area contributed by atoms with Crippen molar-refractivity contribution in [2.75, 3.05) is 19.6 Å². The maximum Gasteiger partial charge on any atom is 0.240 e. The molecule has 1 aliphatic heterocycles. The summed E-state index contributed by atoms with van der Waals surface area (Å²) in [5.74, 6) is 2.64. The Hall–Kier alpha value is -0.940. The van der Waals surface area contributed by atoms with Crippen molar-refractivity contribution >= 4 is 0 Å². The van der Waals surface area contributed by atoms with E-state index in [9.17, 15) is 0 Å². The van der Waals surface area contributed by atoms with E-state index in [0.29, 0.717) is 12.0 Å². The van der Waals surface area contributed by atoms with Crippen molar-refractivity contribution in [1.29, 1.82) is 0 Å². The summed E-state index contributed by atoms with van der Waals surface area (Å²) in [5, 5.41) is 7.58. The minimum atomic E-state index is 0.330. The first-order chi connectivity index (χ1) is 9.54. The summed E-state index contributed by atoms with van der Waals surface area (Å²) in [4.78, 5) is 6.91. The van der Waals surface area contributed by atoms with E-state index in [1.807, 2.05) is 0 Å². The largest absolute Gasteiger partial charge is 0.338 e. The lowest BCUT2D eigenvalue weighted by Gasteiger charge is -2.32. The molecule has 1 fully saturated rings. The van der Waals surface area contributed by atoms with Gasteiger partial charge in [-0.1, -0.05) is 32.9 Å². The number of nitrogens with zero attached hydrogens (tertiary/aromatic N) is 3. The quantitative estimate of drug-likeness (QED) is 0.867. The van der Waals surface area contributed by atoms with Crippen molar-refractivity contribution in [3.8, 4) is 0 Å². The third kappa shape index (κ3) is 4.56. The highest BCUT2D eigenvalue weighted by atomic mass is 16.5. The van der Waals surface area contributed by atoms with Crippen LogP contribution in [0.5, 0.6) is 0 Å². The van der Waals surface area contributed by atoms with Gasteiger partial charge in [-0.25, -0.2) is 0 Å². The van der Waals surface area contributed by atoms with Crippen LogP contribution < -0.4 is 5.32 Å². The highest BCUT2D eigenvalue weighted by molar-refractivity contribution is 4.92. The van der Waals surface area contributed by atoms with Crippen molar-refractivity contribution in [2.24, 2.45) is 5.92 Å². The Labute approximate surface area is 122 Å². The second-order valence-corrected chi connectivity index (χ2v) is 6.51. The molecule has 0 aliphatic carbocycles. The lowest BCUT2D eigenvalue weighted by molar-refractivity contribution is 0.147. The van der Waals surface area contributed by atoms with Crippen molar-refractivity contribution in [1.82, 2.24) is 20.4 Å². The molecular weight excluding hydrogens is 252 g/mol. The minimum Gasteiger partial charge on any atom is -0.338 e. The fourth-order valence-electron chi connectivity index (χ4n) is 2.62. The molecule has 0 amide bonds. The molecule has 0 spiro atoms. The summed E-state index contributed by atoms with van der Waals surface area (Å²) in [6.45, 7) is 12.7. The summed E-state index contributed by atoms with van der Waals surface area (Å²) >= 11 is 0. The van der Waals surface area contributed by atoms with E-state index >= 15 is 0 Å². The fourth-order valence-corrected chi connectivity index (χ4v) is 2.62. The smallest absolute Gasteiger partial charge is 0.240 e. The lowest BCUT2D eigenvalue weighted by Crippen LogP contribution is -2.40. The predicted octanol–water partition coefficient (Wildman–Crippen LogP) is 2.40. The molecule has 1 aromatic heterocycles. The molecule has 2 heterocycles. The van der Waals surface area contributed by atoms with Gasteiger partial charge in [0.25, 0.3) is 0 Å². The highest BCUT2D eigenvalue weighted by Crippen LogP contribution is 2.18. The van der Waals surface area contributed by atoms with E-state index < -0.39 is 0 Å². The van der Waals surface area contributed by atoms with E-state index in [2.05, 4.69) is 48.1 Å². The van der Waals surface area contributed by atoms with Crippen LogP contribution in [0.3, 0.4) is 0 Å². The van der Waals surface area contributed by atoms with Crippen LogP contribution in [0.1, 0.15) is 58.2 Å². The Morgan fingerprint density at radius 3 is 2.80 bits per heavy atom. The van der Waals surface area contributed by atoms with Crippen LogP contribution >= 0.6 is 0 Å². The summed E-state index contributed by atoms with van der Waals surface area (Å²) in [7, 11) is 0. The van der Waals surface area contributed by atoms with Crippen molar-refractivity contribution in [3.63, 3.8) is 0 Å². The topological polar surface area (TPSA) is 54.2 Å². The second-order valence-electron chi connectivity index (χ2n) is 6.51. The van der Waals surface area contributed by atoms with Gasteiger partial charge in [-0.2, -0.15) is 4.98 Å². The van der Waals surface area contributed by atoms with E-state index in [1.165, 1.54) is 12.8 Å². The number of hydrogen-bond acceptors (Lipinski definition) is 5. The lowest BCUT2D eigenvalue weighted by atomic mass is 9.98. The summed E-state index contributed by atoms with van der Waals surface area (Å²) in [6, 6.07) is 0.565. The second kappa shape index (κ2) is 7.18. The number of rotatable bonds is 6. The minimum absolute atomic E-state index is 0.330. The molecule has 5 nitrogen and oxygen atoms in total. The zero-order chi connectivity index (χ0) is 14.5. The molecule has 1 atom stereocenters. The normalized spacial score (nSPS) is 21.0. The van der Waals surface area contributed by atoms with E-state index in [-0.39, 0.29) is 0 Å². The molecule has 0 saturated carbocycles. The molecule has 1 aliphatic rings. The molecule has 0 aromatic carbocycles. The Morgan fingerprint density at radius 2 is 2.15 bits per heavy atom. The van der Waals surface area contributed by atoms with Crippen LogP contribution in [-0.2, 0) is 6.54 Å². The Morgan fingerprint density at radius 1 is 1.35 bits per heavy atom. The molecule has 1 N–H and O–H groups in total. The molecule has 1 aromatic rings. The molecule has 0 bridgehead atoms. The van der Waals surface area contributed by atoms with Crippen LogP contribution in [-0.4, -0.2) is 40.7 Å². The molecule has 20 heavy (non-hydrogen) atoms. The predicted molar refractivity (Wildman–Crippen MR) is 79.5 cm³/mol. The zero-order valence-electron chi connectivity index (χ0n) is 13.2. The maximum atomic E-state index is 5.34. The summed E-state index contributed by atoms with van der Waals surface area (Å²) in [5.41, 5.74) is 0. The number of piperidine rings is 1. The maximum absolute atomic E-state index is 5.34. The highest BCUT2D eigenvalue weighted by Gasteiger charge is 2.22. The van der Waals surface area contributed by atoms with Crippen LogP contribution in [0.2, 0.25) is 0 Å². The zero-order valence-corrected chi connectivity index (χ0v) is 13.2. The van der Waals surface area contributed by atoms with Crippen LogP contribution in [0.15, 0.2) is 4.52 Å². The molecule has 1 saturated heterocycles. The molecular formula is C15H28N4O. The number of likely N-dealkylation sites (tertiary alicyclic amines) is 1. The average Bonchev–Trinajstić information content (AvgIpc) is 2.85. The van der Waals surface area contributed by atoms with Crippen LogP contribution in [0.4, 0.5) is 0 Å². The SMILES string of the molecule is CC(C)NCC1CCCN(Cc2nc(C(C)C)no2)C1. The van der Waals surface area contributed by atoms with E-state index in [0.717, 1.165) is 43.8 Å². The fraction of sp³-hybridized carbons (Fsp3) is 0.867. The standard InChI is InChI=1S/C15H28N4O/c1-11(2)15-17-14(20-18-15)10-19-7-5-6-13(9-19)8-16-12(3)4/h11-13,16H,5-10H2,1-4H3. The van der Waals surface area contributed by atoms with Gasteiger partial charge < -0.3 is 9.84 Å². The van der Waals surface area contributed by atoms with Gasteiger partial charge in [0, 0.05) is 18.5 Å². The van der Waals surface area contributed by atoms with Crippen molar-refractivity contribution in [3.05, 3.63) is 11.7 Å². The third-order valence-corrected chi connectivity index (χ3v) is 3.78. The van der Waals surface area contributed by atoms with Crippen LogP contribution in [0.25, 0.3) is 0 Å². The Balaban J connectivity index is 1.82. The Kier molecular flexibility index (Phi) is 5.54. The average molecular weight is 280 g/mol. The summed E-state index contributed by atoms with van der Waals surface area (Å²) in [6.07, 6.45) is 2.58. The molecule has 114 valence electrons. The number of nitrogens with one attached hydrogen (secondary N) is 1.